The fraction of sp³-hybridized carbons (Fsp3) is 1.00. The summed E-state index contributed by atoms with van der Waals surface area (Å²) in [6.45, 7) is 5.76. The predicted molar refractivity (Wildman–Crippen MR) is 58.2 cm³/mol. The molecule has 2 heteroatoms. The van der Waals surface area contributed by atoms with Crippen molar-refractivity contribution in [3.8, 4) is 0 Å². The molecule has 3 atom stereocenters. The molecule has 84 valence electrons. The molecule has 1 aliphatic carbocycles. The van der Waals surface area contributed by atoms with Crippen molar-refractivity contribution in [2.24, 2.45) is 11.8 Å². The Hall–Kier alpha value is -0.0800. The highest BCUT2D eigenvalue weighted by Crippen LogP contribution is 2.31. The summed E-state index contributed by atoms with van der Waals surface area (Å²) in [6.07, 6.45) is 5.71. The Kier molecular flexibility index (Phi) is 5.49. The molecule has 1 N–H and O–H groups in total. The molecule has 14 heavy (non-hydrogen) atoms. The number of aliphatic hydroxyl groups is 1. The van der Waals surface area contributed by atoms with Crippen LogP contribution in [0, 0.1) is 11.8 Å². The standard InChI is InChI=1S/C12H24O2/c1-3-14-8-7-12(13)11-6-4-5-10(2)9-11/h10-13H,3-9H2,1-2H3. The summed E-state index contributed by atoms with van der Waals surface area (Å²) < 4.78 is 5.26. The Labute approximate surface area is 87.7 Å². The number of aliphatic hydroxyl groups excluding tert-OH is 1. The van der Waals surface area contributed by atoms with Gasteiger partial charge in [0.15, 0.2) is 0 Å². The second-order valence-corrected chi connectivity index (χ2v) is 4.58. The van der Waals surface area contributed by atoms with E-state index in [0.717, 1.165) is 18.9 Å². The van der Waals surface area contributed by atoms with Crippen molar-refractivity contribution in [1.82, 2.24) is 0 Å². The number of rotatable bonds is 5. The van der Waals surface area contributed by atoms with Crippen LogP contribution < -0.4 is 0 Å². The van der Waals surface area contributed by atoms with Crippen LogP contribution in [-0.2, 0) is 4.74 Å². The van der Waals surface area contributed by atoms with Crippen LogP contribution in [0.5, 0.6) is 0 Å². The van der Waals surface area contributed by atoms with Crippen molar-refractivity contribution in [3.05, 3.63) is 0 Å². The Morgan fingerprint density at radius 3 is 2.86 bits per heavy atom. The molecular weight excluding hydrogens is 176 g/mol. The van der Waals surface area contributed by atoms with Crippen LogP contribution in [0.4, 0.5) is 0 Å². The summed E-state index contributed by atoms with van der Waals surface area (Å²) in [5, 5.41) is 9.94. The molecule has 1 aliphatic rings. The molecule has 0 aromatic heterocycles. The zero-order valence-corrected chi connectivity index (χ0v) is 9.54. The first-order valence-corrected chi connectivity index (χ1v) is 5.99. The Morgan fingerprint density at radius 1 is 1.43 bits per heavy atom. The third-order valence-electron chi connectivity index (χ3n) is 3.28. The molecule has 1 fully saturated rings. The van der Waals surface area contributed by atoms with Gasteiger partial charge < -0.3 is 9.84 Å². The van der Waals surface area contributed by atoms with E-state index in [1.807, 2.05) is 6.92 Å². The third kappa shape index (κ3) is 3.97. The van der Waals surface area contributed by atoms with Crippen molar-refractivity contribution in [3.63, 3.8) is 0 Å². The maximum Gasteiger partial charge on any atom is 0.0590 e. The van der Waals surface area contributed by atoms with Gasteiger partial charge in [0.05, 0.1) is 6.10 Å². The van der Waals surface area contributed by atoms with Crippen LogP contribution in [0.25, 0.3) is 0 Å². The lowest BCUT2D eigenvalue weighted by Crippen LogP contribution is -2.27. The van der Waals surface area contributed by atoms with Crippen LogP contribution >= 0.6 is 0 Å². The summed E-state index contributed by atoms with van der Waals surface area (Å²) in [4.78, 5) is 0. The largest absolute Gasteiger partial charge is 0.393 e. The Bertz CT molecular complexity index is 147. The summed E-state index contributed by atoms with van der Waals surface area (Å²) in [7, 11) is 0. The van der Waals surface area contributed by atoms with Crippen LogP contribution in [0.15, 0.2) is 0 Å². The minimum atomic E-state index is -0.135. The van der Waals surface area contributed by atoms with Gasteiger partial charge in [-0.15, -0.1) is 0 Å². The Balaban J connectivity index is 2.18. The molecule has 3 unspecified atom stereocenters. The molecule has 0 aliphatic heterocycles. The van der Waals surface area contributed by atoms with Crippen molar-refractivity contribution in [2.45, 2.75) is 52.1 Å². The molecule has 0 heterocycles. The second kappa shape index (κ2) is 6.41. The van der Waals surface area contributed by atoms with Gasteiger partial charge in [0, 0.05) is 13.2 Å². The average Bonchev–Trinajstić information content (AvgIpc) is 2.18. The van der Waals surface area contributed by atoms with E-state index < -0.39 is 0 Å². The van der Waals surface area contributed by atoms with Gasteiger partial charge in [0.1, 0.15) is 0 Å². The lowest BCUT2D eigenvalue weighted by molar-refractivity contribution is 0.0341. The first kappa shape index (κ1) is 12.0. The van der Waals surface area contributed by atoms with E-state index in [1.54, 1.807) is 0 Å². The molecule has 0 amide bonds. The van der Waals surface area contributed by atoms with Gasteiger partial charge in [0.25, 0.3) is 0 Å². The maximum atomic E-state index is 9.94. The van der Waals surface area contributed by atoms with E-state index >= 15 is 0 Å². The summed E-state index contributed by atoms with van der Waals surface area (Å²) in [5.41, 5.74) is 0. The molecule has 0 aromatic carbocycles. The lowest BCUT2D eigenvalue weighted by atomic mass is 9.79. The maximum absolute atomic E-state index is 9.94. The zero-order valence-electron chi connectivity index (χ0n) is 9.54. The lowest BCUT2D eigenvalue weighted by Gasteiger charge is -2.30. The Morgan fingerprint density at radius 2 is 2.21 bits per heavy atom. The van der Waals surface area contributed by atoms with Gasteiger partial charge in [-0.3, -0.25) is 0 Å². The van der Waals surface area contributed by atoms with Crippen molar-refractivity contribution in [2.75, 3.05) is 13.2 Å². The van der Waals surface area contributed by atoms with Crippen molar-refractivity contribution < 1.29 is 9.84 Å². The minimum Gasteiger partial charge on any atom is -0.393 e. The van der Waals surface area contributed by atoms with Crippen LogP contribution in [0.1, 0.15) is 46.0 Å². The van der Waals surface area contributed by atoms with Gasteiger partial charge in [0.2, 0.25) is 0 Å². The van der Waals surface area contributed by atoms with Crippen molar-refractivity contribution in [1.29, 1.82) is 0 Å². The third-order valence-corrected chi connectivity index (χ3v) is 3.28. The first-order chi connectivity index (χ1) is 6.74. The summed E-state index contributed by atoms with van der Waals surface area (Å²) in [6, 6.07) is 0. The van der Waals surface area contributed by atoms with Gasteiger partial charge in [-0.05, 0) is 38.0 Å². The van der Waals surface area contributed by atoms with E-state index in [9.17, 15) is 5.11 Å². The molecule has 2 nitrogen and oxygen atoms in total. The van der Waals surface area contributed by atoms with Gasteiger partial charge in [-0.25, -0.2) is 0 Å². The predicted octanol–water partition coefficient (Wildman–Crippen LogP) is 2.60. The molecule has 0 radical (unpaired) electrons. The highest BCUT2D eigenvalue weighted by Gasteiger charge is 2.24. The fourth-order valence-electron chi connectivity index (χ4n) is 2.41. The molecule has 1 saturated carbocycles. The topological polar surface area (TPSA) is 29.5 Å². The van der Waals surface area contributed by atoms with Crippen LogP contribution in [0.2, 0.25) is 0 Å². The highest BCUT2D eigenvalue weighted by atomic mass is 16.5. The quantitative estimate of drug-likeness (QED) is 0.691. The monoisotopic (exact) mass is 200 g/mol. The van der Waals surface area contributed by atoms with E-state index in [4.69, 9.17) is 4.74 Å². The molecule has 1 rings (SSSR count). The minimum absolute atomic E-state index is 0.135. The second-order valence-electron chi connectivity index (χ2n) is 4.58. The van der Waals surface area contributed by atoms with E-state index in [1.165, 1.54) is 25.7 Å². The number of ether oxygens (including phenoxy) is 1. The van der Waals surface area contributed by atoms with E-state index in [0.29, 0.717) is 12.5 Å². The van der Waals surface area contributed by atoms with Gasteiger partial charge >= 0.3 is 0 Å². The van der Waals surface area contributed by atoms with Crippen LogP contribution in [-0.4, -0.2) is 24.4 Å². The smallest absolute Gasteiger partial charge is 0.0590 e. The SMILES string of the molecule is CCOCCC(O)C1CCCC(C)C1. The van der Waals surface area contributed by atoms with Crippen LogP contribution in [0.3, 0.4) is 0 Å². The number of hydrogen-bond acceptors (Lipinski definition) is 2. The fourth-order valence-corrected chi connectivity index (χ4v) is 2.41. The molecule has 0 spiro atoms. The van der Waals surface area contributed by atoms with Gasteiger partial charge in [-0.2, -0.15) is 0 Å². The molecule has 0 bridgehead atoms. The summed E-state index contributed by atoms with van der Waals surface area (Å²) >= 11 is 0. The molecule has 0 saturated heterocycles. The van der Waals surface area contributed by atoms with Crippen molar-refractivity contribution >= 4 is 0 Å². The van der Waals surface area contributed by atoms with Gasteiger partial charge in [-0.1, -0.05) is 19.8 Å². The number of hydrogen-bond donors (Lipinski definition) is 1. The highest BCUT2D eigenvalue weighted by molar-refractivity contribution is 4.76. The zero-order chi connectivity index (χ0) is 10.4. The first-order valence-electron chi connectivity index (χ1n) is 5.99. The normalized spacial score (nSPS) is 30.2. The molecular formula is C12H24O2. The van der Waals surface area contributed by atoms with E-state index in [2.05, 4.69) is 6.92 Å². The van der Waals surface area contributed by atoms with E-state index in [-0.39, 0.29) is 6.10 Å². The average molecular weight is 200 g/mol. The molecule has 0 aromatic rings. The summed E-state index contributed by atoms with van der Waals surface area (Å²) in [5.74, 6) is 1.33.